The molecular formula is C13H13NO2S. The minimum atomic E-state index is 0.151. The molecule has 2 aromatic heterocycles. The Hall–Kier alpha value is -1.55. The van der Waals surface area contributed by atoms with E-state index < -0.39 is 0 Å². The third kappa shape index (κ3) is 2.42. The molecule has 1 aliphatic rings. The summed E-state index contributed by atoms with van der Waals surface area (Å²) >= 11 is 1.64. The molecule has 1 amide bonds. The van der Waals surface area contributed by atoms with Crippen LogP contribution in [-0.4, -0.2) is 5.91 Å². The summed E-state index contributed by atoms with van der Waals surface area (Å²) in [6.45, 7) is 0.486. The zero-order valence-corrected chi connectivity index (χ0v) is 10.1. The zero-order valence-electron chi connectivity index (χ0n) is 9.31. The van der Waals surface area contributed by atoms with Crippen molar-refractivity contribution in [1.82, 2.24) is 5.32 Å². The zero-order chi connectivity index (χ0) is 11.7. The number of furan rings is 1. The van der Waals surface area contributed by atoms with Gasteiger partial charge in [-0.25, -0.2) is 0 Å². The Morgan fingerprint density at radius 3 is 3.00 bits per heavy atom. The lowest BCUT2D eigenvalue weighted by atomic mass is 10.3. The van der Waals surface area contributed by atoms with E-state index in [1.165, 1.54) is 0 Å². The lowest BCUT2D eigenvalue weighted by Gasteiger charge is -2.00. The number of thiophene rings is 1. The summed E-state index contributed by atoms with van der Waals surface area (Å²) in [5.74, 6) is 2.07. The van der Waals surface area contributed by atoms with E-state index in [-0.39, 0.29) is 11.8 Å². The molecule has 1 N–H and O–H groups in total. The number of hydrogen-bond acceptors (Lipinski definition) is 3. The van der Waals surface area contributed by atoms with Crippen LogP contribution in [0.2, 0.25) is 0 Å². The van der Waals surface area contributed by atoms with Gasteiger partial charge in [0.25, 0.3) is 0 Å². The summed E-state index contributed by atoms with van der Waals surface area (Å²) in [4.78, 5) is 11.5. The van der Waals surface area contributed by atoms with E-state index in [2.05, 4.69) is 5.32 Å². The summed E-state index contributed by atoms with van der Waals surface area (Å²) < 4.78 is 5.67. The van der Waals surface area contributed by atoms with E-state index in [0.717, 1.165) is 29.9 Å². The smallest absolute Gasteiger partial charge is 0.223 e. The third-order valence-corrected chi connectivity index (χ3v) is 3.54. The van der Waals surface area contributed by atoms with Crippen LogP contribution in [0.4, 0.5) is 0 Å². The van der Waals surface area contributed by atoms with Gasteiger partial charge in [-0.3, -0.25) is 4.79 Å². The quantitative estimate of drug-likeness (QED) is 0.902. The van der Waals surface area contributed by atoms with Crippen LogP contribution < -0.4 is 5.32 Å². The van der Waals surface area contributed by atoms with E-state index in [4.69, 9.17) is 4.42 Å². The van der Waals surface area contributed by atoms with Crippen molar-refractivity contribution in [1.29, 1.82) is 0 Å². The van der Waals surface area contributed by atoms with Crippen LogP contribution in [0, 0.1) is 5.92 Å². The topological polar surface area (TPSA) is 42.2 Å². The molecule has 0 spiro atoms. The monoisotopic (exact) mass is 247 g/mol. The van der Waals surface area contributed by atoms with E-state index >= 15 is 0 Å². The summed E-state index contributed by atoms with van der Waals surface area (Å²) in [7, 11) is 0. The second kappa shape index (κ2) is 4.37. The summed E-state index contributed by atoms with van der Waals surface area (Å²) in [5.41, 5.74) is 1.09. The van der Waals surface area contributed by atoms with Crippen molar-refractivity contribution in [2.45, 2.75) is 19.4 Å². The van der Waals surface area contributed by atoms with Crippen LogP contribution in [-0.2, 0) is 11.3 Å². The average molecular weight is 247 g/mol. The molecule has 0 aromatic carbocycles. The molecule has 2 aromatic rings. The van der Waals surface area contributed by atoms with Crippen LogP contribution in [0.5, 0.6) is 0 Å². The second-order valence-corrected chi connectivity index (χ2v) is 5.05. The fourth-order valence-electron chi connectivity index (χ4n) is 1.70. The lowest BCUT2D eigenvalue weighted by molar-refractivity contribution is -0.122. The Balaban J connectivity index is 1.62. The van der Waals surface area contributed by atoms with Crippen LogP contribution in [0.1, 0.15) is 18.6 Å². The number of nitrogens with one attached hydrogen (secondary N) is 1. The Morgan fingerprint density at radius 2 is 2.29 bits per heavy atom. The SMILES string of the molecule is O=C(NCc1ccc(-c2ccsc2)o1)C1CC1. The third-order valence-electron chi connectivity index (χ3n) is 2.85. The average Bonchev–Trinajstić information content (AvgIpc) is 2.87. The molecule has 3 rings (SSSR count). The van der Waals surface area contributed by atoms with Gasteiger partial charge in [0.2, 0.25) is 5.91 Å². The van der Waals surface area contributed by atoms with Crippen molar-refractivity contribution in [3.63, 3.8) is 0 Å². The van der Waals surface area contributed by atoms with Crippen LogP contribution in [0.25, 0.3) is 11.3 Å². The molecule has 0 unspecified atom stereocenters. The molecule has 0 aliphatic heterocycles. The van der Waals surface area contributed by atoms with Crippen molar-refractivity contribution in [2.24, 2.45) is 5.92 Å². The number of hydrogen-bond donors (Lipinski definition) is 1. The fourth-order valence-corrected chi connectivity index (χ4v) is 2.34. The molecule has 0 atom stereocenters. The first-order chi connectivity index (χ1) is 8.33. The molecule has 4 heteroatoms. The highest BCUT2D eigenvalue weighted by Crippen LogP contribution is 2.29. The largest absolute Gasteiger partial charge is 0.459 e. The standard InChI is InChI=1S/C13H13NO2S/c15-13(9-1-2-9)14-7-11-3-4-12(16-11)10-5-6-17-8-10/h3-6,8-9H,1-2,7H2,(H,14,15). The summed E-state index contributed by atoms with van der Waals surface area (Å²) in [5, 5.41) is 6.96. The summed E-state index contributed by atoms with van der Waals surface area (Å²) in [6.07, 6.45) is 2.06. The minimum Gasteiger partial charge on any atom is -0.459 e. The maximum absolute atomic E-state index is 11.5. The summed E-state index contributed by atoms with van der Waals surface area (Å²) in [6, 6.07) is 5.89. The normalized spacial score (nSPS) is 14.8. The van der Waals surface area contributed by atoms with Crippen molar-refractivity contribution in [2.75, 3.05) is 0 Å². The molecule has 1 aliphatic carbocycles. The van der Waals surface area contributed by atoms with Crippen LogP contribution in [0.15, 0.2) is 33.4 Å². The van der Waals surface area contributed by atoms with Crippen molar-refractivity contribution < 1.29 is 9.21 Å². The van der Waals surface area contributed by atoms with E-state index in [9.17, 15) is 4.79 Å². The predicted molar refractivity (Wildman–Crippen MR) is 66.6 cm³/mol. The first-order valence-corrected chi connectivity index (χ1v) is 6.66. The number of carbonyl (C=O) groups excluding carboxylic acids is 1. The van der Waals surface area contributed by atoms with Gasteiger partial charge in [-0.1, -0.05) is 0 Å². The highest BCUT2D eigenvalue weighted by Gasteiger charge is 2.29. The van der Waals surface area contributed by atoms with Gasteiger partial charge in [-0.05, 0) is 36.4 Å². The van der Waals surface area contributed by atoms with Gasteiger partial charge in [0.05, 0.1) is 6.54 Å². The van der Waals surface area contributed by atoms with Crippen molar-refractivity contribution >= 4 is 17.2 Å². The Bertz CT molecular complexity index is 511. The molecule has 88 valence electrons. The molecular weight excluding hydrogens is 234 g/mol. The van der Waals surface area contributed by atoms with Gasteiger partial charge in [-0.15, -0.1) is 0 Å². The molecule has 3 nitrogen and oxygen atoms in total. The maximum Gasteiger partial charge on any atom is 0.223 e. The highest BCUT2D eigenvalue weighted by molar-refractivity contribution is 7.08. The van der Waals surface area contributed by atoms with Gasteiger partial charge < -0.3 is 9.73 Å². The van der Waals surface area contributed by atoms with E-state index in [1.807, 2.05) is 29.0 Å². The maximum atomic E-state index is 11.5. The molecule has 17 heavy (non-hydrogen) atoms. The number of rotatable bonds is 4. The number of amides is 1. The molecule has 0 bridgehead atoms. The molecule has 1 saturated carbocycles. The Labute approximate surface area is 103 Å². The van der Waals surface area contributed by atoms with Crippen molar-refractivity contribution in [3.05, 3.63) is 34.7 Å². The van der Waals surface area contributed by atoms with Gasteiger partial charge in [0, 0.05) is 16.9 Å². The molecule has 2 heterocycles. The fraction of sp³-hybridized carbons (Fsp3) is 0.308. The second-order valence-electron chi connectivity index (χ2n) is 4.27. The van der Waals surface area contributed by atoms with Crippen molar-refractivity contribution in [3.8, 4) is 11.3 Å². The van der Waals surface area contributed by atoms with Gasteiger partial charge in [0.1, 0.15) is 11.5 Å². The molecule has 1 fully saturated rings. The highest BCUT2D eigenvalue weighted by atomic mass is 32.1. The first kappa shape index (κ1) is 10.6. The predicted octanol–water partition coefficient (Wildman–Crippen LogP) is 3.03. The Morgan fingerprint density at radius 1 is 1.41 bits per heavy atom. The van der Waals surface area contributed by atoms with Gasteiger partial charge >= 0.3 is 0 Å². The molecule has 0 radical (unpaired) electrons. The molecule has 0 saturated heterocycles. The van der Waals surface area contributed by atoms with E-state index in [1.54, 1.807) is 11.3 Å². The lowest BCUT2D eigenvalue weighted by Crippen LogP contribution is -2.23. The van der Waals surface area contributed by atoms with Gasteiger partial charge in [-0.2, -0.15) is 11.3 Å². The van der Waals surface area contributed by atoms with Crippen LogP contribution in [0.3, 0.4) is 0 Å². The first-order valence-electron chi connectivity index (χ1n) is 5.72. The van der Waals surface area contributed by atoms with E-state index in [0.29, 0.717) is 6.54 Å². The Kier molecular flexibility index (Phi) is 2.73. The number of carbonyl (C=O) groups is 1. The minimum absolute atomic E-state index is 0.151. The van der Waals surface area contributed by atoms with Gasteiger partial charge in [0.15, 0.2) is 0 Å². The van der Waals surface area contributed by atoms with Crippen LogP contribution >= 0.6 is 11.3 Å².